The van der Waals surface area contributed by atoms with Crippen LogP contribution in [0.25, 0.3) is 0 Å². The van der Waals surface area contributed by atoms with Crippen molar-refractivity contribution < 1.29 is 4.79 Å². The fourth-order valence-electron chi connectivity index (χ4n) is 1.83. The summed E-state index contributed by atoms with van der Waals surface area (Å²) in [4.78, 5) is 12.7. The van der Waals surface area contributed by atoms with E-state index in [9.17, 15) is 4.79 Å². The molecule has 0 fully saturated rings. The van der Waals surface area contributed by atoms with Gasteiger partial charge in [0.1, 0.15) is 0 Å². The second-order valence-corrected chi connectivity index (χ2v) is 4.98. The highest BCUT2D eigenvalue weighted by Crippen LogP contribution is 2.18. The van der Waals surface area contributed by atoms with Crippen LogP contribution in [-0.2, 0) is 0 Å². The topological polar surface area (TPSA) is 29.1 Å². The van der Waals surface area contributed by atoms with Crippen molar-refractivity contribution in [2.75, 3.05) is 0 Å². The standard InChI is InChI=1S/C14H15NOS/c1-10-6-3-4-7-12(10)11(2)15-14(16)13-8-5-9-17-13/h3-9,11H,1-2H3,(H,15,16). The first-order chi connectivity index (χ1) is 8.18. The average molecular weight is 245 g/mol. The van der Waals surface area contributed by atoms with Crippen LogP contribution in [0.4, 0.5) is 0 Å². The summed E-state index contributed by atoms with van der Waals surface area (Å²) in [6.45, 7) is 4.07. The molecule has 3 heteroatoms. The molecule has 2 aromatic rings. The van der Waals surface area contributed by atoms with Crippen LogP contribution in [0.1, 0.15) is 33.8 Å². The molecule has 0 aliphatic rings. The summed E-state index contributed by atoms with van der Waals surface area (Å²) in [6.07, 6.45) is 0. The fraction of sp³-hybridized carbons (Fsp3) is 0.214. The van der Waals surface area contributed by atoms with Gasteiger partial charge in [0.2, 0.25) is 0 Å². The van der Waals surface area contributed by atoms with E-state index in [4.69, 9.17) is 0 Å². The van der Waals surface area contributed by atoms with Gasteiger partial charge in [0.15, 0.2) is 0 Å². The van der Waals surface area contributed by atoms with E-state index >= 15 is 0 Å². The number of aryl methyl sites for hydroxylation is 1. The van der Waals surface area contributed by atoms with Crippen LogP contribution in [0.3, 0.4) is 0 Å². The number of nitrogens with one attached hydrogen (secondary N) is 1. The van der Waals surface area contributed by atoms with Gasteiger partial charge in [-0.1, -0.05) is 30.3 Å². The van der Waals surface area contributed by atoms with Crippen molar-refractivity contribution in [3.05, 3.63) is 57.8 Å². The molecular weight excluding hydrogens is 230 g/mol. The van der Waals surface area contributed by atoms with E-state index in [0.29, 0.717) is 0 Å². The van der Waals surface area contributed by atoms with Crippen LogP contribution < -0.4 is 5.32 Å². The maximum absolute atomic E-state index is 11.9. The van der Waals surface area contributed by atoms with Gasteiger partial charge in [-0.3, -0.25) is 4.79 Å². The zero-order valence-corrected chi connectivity index (χ0v) is 10.8. The Hall–Kier alpha value is -1.61. The Labute approximate surface area is 105 Å². The van der Waals surface area contributed by atoms with E-state index in [-0.39, 0.29) is 11.9 Å². The molecule has 2 rings (SSSR count). The first kappa shape index (κ1) is 11.9. The van der Waals surface area contributed by atoms with Crippen LogP contribution in [0.2, 0.25) is 0 Å². The summed E-state index contributed by atoms with van der Waals surface area (Å²) in [5.41, 5.74) is 2.36. The molecule has 1 unspecified atom stereocenters. The fourth-order valence-corrected chi connectivity index (χ4v) is 2.45. The second kappa shape index (κ2) is 5.15. The van der Waals surface area contributed by atoms with Gasteiger partial charge in [0.25, 0.3) is 5.91 Å². The molecule has 0 aliphatic heterocycles. The molecule has 1 N–H and O–H groups in total. The third-order valence-electron chi connectivity index (χ3n) is 2.75. The summed E-state index contributed by atoms with van der Waals surface area (Å²) in [7, 11) is 0. The van der Waals surface area contributed by atoms with E-state index in [1.165, 1.54) is 16.9 Å². The van der Waals surface area contributed by atoms with Gasteiger partial charge >= 0.3 is 0 Å². The maximum Gasteiger partial charge on any atom is 0.261 e. The van der Waals surface area contributed by atoms with Crippen LogP contribution in [0.15, 0.2) is 41.8 Å². The molecule has 0 aliphatic carbocycles. The van der Waals surface area contributed by atoms with Crippen LogP contribution in [0.5, 0.6) is 0 Å². The number of carbonyl (C=O) groups is 1. The Balaban J connectivity index is 2.10. The van der Waals surface area contributed by atoms with Gasteiger partial charge in [-0.05, 0) is 36.4 Å². The Kier molecular flexibility index (Phi) is 3.59. The molecule has 17 heavy (non-hydrogen) atoms. The molecule has 0 radical (unpaired) electrons. The largest absolute Gasteiger partial charge is 0.345 e. The van der Waals surface area contributed by atoms with E-state index in [1.54, 1.807) is 0 Å². The first-order valence-electron chi connectivity index (χ1n) is 5.58. The highest BCUT2D eigenvalue weighted by molar-refractivity contribution is 7.12. The molecule has 1 heterocycles. The van der Waals surface area contributed by atoms with Crippen molar-refractivity contribution >= 4 is 17.2 Å². The van der Waals surface area contributed by atoms with Gasteiger partial charge in [-0.2, -0.15) is 0 Å². The van der Waals surface area contributed by atoms with E-state index in [0.717, 1.165) is 10.4 Å². The quantitative estimate of drug-likeness (QED) is 0.880. The molecule has 0 saturated heterocycles. The van der Waals surface area contributed by atoms with Crippen LogP contribution in [0, 0.1) is 6.92 Å². The van der Waals surface area contributed by atoms with Gasteiger partial charge in [-0.25, -0.2) is 0 Å². The summed E-state index contributed by atoms with van der Waals surface area (Å²) in [5.74, 6) is -0.00393. The number of hydrogen-bond donors (Lipinski definition) is 1. The Morgan fingerprint density at radius 1 is 1.24 bits per heavy atom. The lowest BCUT2D eigenvalue weighted by atomic mass is 10.0. The monoisotopic (exact) mass is 245 g/mol. The first-order valence-corrected chi connectivity index (χ1v) is 6.46. The summed E-state index contributed by atoms with van der Waals surface area (Å²) in [5, 5.41) is 4.92. The lowest BCUT2D eigenvalue weighted by Crippen LogP contribution is -2.26. The van der Waals surface area contributed by atoms with E-state index in [1.807, 2.05) is 36.6 Å². The molecule has 1 aromatic carbocycles. The lowest BCUT2D eigenvalue weighted by Gasteiger charge is -2.15. The summed E-state index contributed by atoms with van der Waals surface area (Å²) >= 11 is 1.46. The molecule has 0 bridgehead atoms. The smallest absolute Gasteiger partial charge is 0.261 e. The third-order valence-corrected chi connectivity index (χ3v) is 3.62. The number of rotatable bonds is 3. The maximum atomic E-state index is 11.9. The molecule has 0 spiro atoms. The number of benzene rings is 1. The van der Waals surface area contributed by atoms with Crippen LogP contribution in [-0.4, -0.2) is 5.91 Å². The molecule has 1 aromatic heterocycles. The third kappa shape index (κ3) is 2.74. The minimum absolute atomic E-state index is 0.00393. The number of carbonyl (C=O) groups excluding carboxylic acids is 1. The van der Waals surface area contributed by atoms with Crippen LogP contribution >= 0.6 is 11.3 Å². The molecule has 1 atom stereocenters. The van der Waals surface area contributed by atoms with Crippen molar-refractivity contribution in [1.82, 2.24) is 5.32 Å². The molecular formula is C14H15NOS. The minimum Gasteiger partial charge on any atom is -0.345 e. The van der Waals surface area contributed by atoms with Gasteiger partial charge in [0, 0.05) is 0 Å². The normalized spacial score (nSPS) is 12.1. The van der Waals surface area contributed by atoms with Crippen molar-refractivity contribution in [2.24, 2.45) is 0 Å². The minimum atomic E-state index is -0.00393. The van der Waals surface area contributed by atoms with Crippen molar-refractivity contribution in [3.8, 4) is 0 Å². The van der Waals surface area contributed by atoms with Crippen molar-refractivity contribution in [3.63, 3.8) is 0 Å². The SMILES string of the molecule is Cc1ccccc1C(C)NC(=O)c1cccs1. The predicted molar refractivity (Wildman–Crippen MR) is 71.4 cm³/mol. The van der Waals surface area contributed by atoms with Crippen molar-refractivity contribution in [1.29, 1.82) is 0 Å². The summed E-state index contributed by atoms with van der Waals surface area (Å²) < 4.78 is 0. The number of hydrogen-bond acceptors (Lipinski definition) is 2. The highest BCUT2D eigenvalue weighted by atomic mass is 32.1. The Morgan fingerprint density at radius 2 is 2.00 bits per heavy atom. The predicted octanol–water partition coefficient (Wildman–Crippen LogP) is 3.55. The lowest BCUT2D eigenvalue weighted by molar-refractivity contribution is 0.0944. The average Bonchev–Trinajstić information content (AvgIpc) is 2.82. The highest BCUT2D eigenvalue weighted by Gasteiger charge is 2.13. The molecule has 0 saturated carbocycles. The van der Waals surface area contributed by atoms with Gasteiger partial charge in [-0.15, -0.1) is 11.3 Å². The molecule has 1 amide bonds. The number of amides is 1. The summed E-state index contributed by atoms with van der Waals surface area (Å²) in [6, 6.07) is 11.9. The van der Waals surface area contributed by atoms with Gasteiger partial charge in [0.05, 0.1) is 10.9 Å². The van der Waals surface area contributed by atoms with Gasteiger partial charge < -0.3 is 5.32 Å². The Bertz CT molecular complexity index is 505. The number of thiophene rings is 1. The van der Waals surface area contributed by atoms with E-state index in [2.05, 4.69) is 24.4 Å². The van der Waals surface area contributed by atoms with E-state index < -0.39 is 0 Å². The second-order valence-electron chi connectivity index (χ2n) is 4.03. The zero-order chi connectivity index (χ0) is 12.3. The zero-order valence-electron chi connectivity index (χ0n) is 9.94. The van der Waals surface area contributed by atoms with Crippen molar-refractivity contribution in [2.45, 2.75) is 19.9 Å². The molecule has 88 valence electrons. The Morgan fingerprint density at radius 3 is 2.65 bits per heavy atom. The molecule has 2 nitrogen and oxygen atoms in total.